The highest BCUT2D eigenvalue weighted by atomic mass is 32.2. The van der Waals surface area contributed by atoms with E-state index in [2.05, 4.69) is 4.90 Å². The van der Waals surface area contributed by atoms with Crippen LogP contribution in [0.4, 0.5) is 11.4 Å². The average molecular weight is 376 g/mol. The molecule has 1 fully saturated rings. The van der Waals surface area contributed by atoms with Crippen LogP contribution in [0, 0.1) is 10.1 Å². The van der Waals surface area contributed by atoms with Gasteiger partial charge in [0.15, 0.2) is 0 Å². The average Bonchev–Trinajstić information content (AvgIpc) is 2.68. The number of para-hydroxylation sites is 1. The van der Waals surface area contributed by atoms with Crippen molar-refractivity contribution in [3.05, 3.63) is 64.2 Å². The van der Waals surface area contributed by atoms with E-state index in [9.17, 15) is 18.5 Å². The van der Waals surface area contributed by atoms with Crippen molar-refractivity contribution in [2.45, 2.75) is 11.4 Å². The van der Waals surface area contributed by atoms with E-state index in [0.29, 0.717) is 32.7 Å². The number of piperazine rings is 1. The largest absolute Gasteiger partial charge is 0.369 e. The molecule has 0 aliphatic carbocycles. The predicted octanol–water partition coefficient (Wildman–Crippen LogP) is 1.56. The molecule has 0 radical (unpaired) electrons. The number of hydrogen-bond acceptors (Lipinski definition) is 6. The van der Waals surface area contributed by atoms with Gasteiger partial charge in [0.25, 0.3) is 5.69 Å². The monoisotopic (exact) mass is 376 g/mol. The molecule has 3 rings (SSSR count). The van der Waals surface area contributed by atoms with Crippen molar-refractivity contribution in [2.24, 2.45) is 5.73 Å². The summed E-state index contributed by atoms with van der Waals surface area (Å²) in [5, 5.41) is 10.7. The van der Waals surface area contributed by atoms with Gasteiger partial charge in [0.2, 0.25) is 10.0 Å². The van der Waals surface area contributed by atoms with Crippen LogP contribution in [0.2, 0.25) is 0 Å². The molecule has 0 amide bonds. The Hall–Kier alpha value is -2.49. The number of nitro groups is 1. The molecule has 0 atom stereocenters. The number of nitro benzene ring substituents is 1. The van der Waals surface area contributed by atoms with Crippen LogP contribution in [0.15, 0.2) is 53.4 Å². The molecule has 2 N–H and O–H groups in total. The topological polar surface area (TPSA) is 110 Å². The lowest BCUT2D eigenvalue weighted by molar-refractivity contribution is -0.384. The summed E-state index contributed by atoms with van der Waals surface area (Å²) in [5.74, 6) is 0. The standard InChI is InChI=1S/C17H20N4O4S/c18-13-14-3-1-2-4-17(14)19-9-11-20(12-10-19)26(24,25)16-7-5-15(6-8-16)21(22)23/h1-8H,9-13,18H2. The molecule has 1 heterocycles. The summed E-state index contributed by atoms with van der Waals surface area (Å²) in [4.78, 5) is 12.4. The Labute approximate surface area is 152 Å². The lowest BCUT2D eigenvalue weighted by atomic mass is 10.1. The Morgan fingerprint density at radius 1 is 1.00 bits per heavy atom. The number of nitrogens with zero attached hydrogens (tertiary/aromatic N) is 3. The quantitative estimate of drug-likeness (QED) is 0.626. The van der Waals surface area contributed by atoms with Crippen molar-refractivity contribution in [3.8, 4) is 0 Å². The Morgan fingerprint density at radius 2 is 1.62 bits per heavy atom. The van der Waals surface area contributed by atoms with E-state index in [-0.39, 0.29) is 10.6 Å². The van der Waals surface area contributed by atoms with E-state index in [1.165, 1.54) is 28.6 Å². The molecule has 9 heteroatoms. The molecule has 0 unspecified atom stereocenters. The first-order chi connectivity index (χ1) is 12.4. The number of benzene rings is 2. The van der Waals surface area contributed by atoms with Gasteiger partial charge in [0.1, 0.15) is 0 Å². The fourth-order valence-corrected chi connectivity index (χ4v) is 4.47. The first-order valence-electron chi connectivity index (χ1n) is 8.21. The Kier molecular flexibility index (Phi) is 5.21. The molecule has 0 aromatic heterocycles. The summed E-state index contributed by atoms with van der Waals surface area (Å²) < 4.78 is 26.9. The molecule has 8 nitrogen and oxygen atoms in total. The van der Waals surface area contributed by atoms with Gasteiger partial charge < -0.3 is 10.6 Å². The van der Waals surface area contributed by atoms with Crippen LogP contribution >= 0.6 is 0 Å². The number of nitrogens with two attached hydrogens (primary N) is 1. The molecule has 1 saturated heterocycles. The zero-order valence-corrected chi connectivity index (χ0v) is 14.9. The maximum Gasteiger partial charge on any atom is 0.269 e. The number of rotatable bonds is 5. The van der Waals surface area contributed by atoms with Crippen LogP contribution in [0.5, 0.6) is 0 Å². The maximum absolute atomic E-state index is 12.8. The van der Waals surface area contributed by atoms with Gasteiger partial charge in [-0.2, -0.15) is 4.31 Å². The lowest BCUT2D eigenvalue weighted by Gasteiger charge is -2.36. The smallest absolute Gasteiger partial charge is 0.269 e. The zero-order valence-electron chi connectivity index (χ0n) is 14.1. The van der Waals surface area contributed by atoms with Crippen LogP contribution in [-0.2, 0) is 16.6 Å². The maximum atomic E-state index is 12.8. The summed E-state index contributed by atoms with van der Waals surface area (Å²) in [5.41, 5.74) is 7.71. The number of non-ortho nitro benzene ring substituents is 1. The molecule has 0 spiro atoms. The van der Waals surface area contributed by atoms with Crippen molar-refractivity contribution < 1.29 is 13.3 Å². The molecular weight excluding hydrogens is 356 g/mol. The van der Waals surface area contributed by atoms with Crippen LogP contribution < -0.4 is 10.6 Å². The third kappa shape index (κ3) is 3.55. The molecule has 2 aromatic carbocycles. The second-order valence-corrected chi connectivity index (χ2v) is 7.91. The molecule has 0 bridgehead atoms. The van der Waals surface area contributed by atoms with Crippen LogP contribution in [0.3, 0.4) is 0 Å². The normalized spacial score (nSPS) is 15.8. The first kappa shape index (κ1) is 18.3. The number of hydrogen-bond donors (Lipinski definition) is 1. The summed E-state index contributed by atoms with van der Waals surface area (Å²) in [6.45, 7) is 2.24. The summed E-state index contributed by atoms with van der Waals surface area (Å²) in [7, 11) is -3.67. The third-order valence-electron chi connectivity index (χ3n) is 4.48. The molecule has 1 aliphatic heterocycles. The highest BCUT2D eigenvalue weighted by Gasteiger charge is 2.29. The van der Waals surface area contributed by atoms with Crippen molar-refractivity contribution in [1.82, 2.24) is 4.31 Å². The summed E-state index contributed by atoms with van der Waals surface area (Å²) in [6.07, 6.45) is 0. The lowest BCUT2D eigenvalue weighted by Crippen LogP contribution is -2.49. The van der Waals surface area contributed by atoms with Gasteiger partial charge in [-0.25, -0.2) is 8.42 Å². The predicted molar refractivity (Wildman–Crippen MR) is 98.4 cm³/mol. The van der Waals surface area contributed by atoms with Gasteiger partial charge >= 0.3 is 0 Å². The van der Waals surface area contributed by atoms with Gasteiger partial charge in [0.05, 0.1) is 9.82 Å². The van der Waals surface area contributed by atoms with Crippen molar-refractivity contribution in [3.63, 3.8) is 0 Å². The van der Waals surface area contributed by atoms with E-state index >= 15 is 0 Å². The molecule has 138 valence electrons. The van der Waals surface area contributed by atoms with E-state index in [1.54, 1.807) is 0 Å². The van der Waals surface area contributed by atoms with Crippen molar-refractivity contribution in [2.75, 3.05) is 31.1 Å². The molecule has 26 heavy (non-hydrogen) atoms. The fourth-order valence-electron chi connectivity index (χ4n) is 3.05. The summed E-state index contributed by atoms with van der Waals surface area (Å²) in [6, 6.07) is 12.8. The first-order valence-corrected chi connectivity index (χ1v) is 9.65. The molecule has 2 aromatic rings. The number of anilines is 1. The fraction of sp³-hybridized carbons (Fsp3) is 0.294. The van der Waals surface area contributed by atoms with Gasteiger partial charge in [-0.15, -0.1) is 0 Å². The van der Waals surface area contributed by atoms with Crippen molar-refractivity contribution >= 4 is 21.4 Å². The van der Waals surface area contributed by atoms with Crippen LogP contribution in [0.1, 0.15) is 5.56 Å². The van der Waals surface area contributed by atoms with Crippen molar-refractivity contribution in [1.29, 1.82) is 0 Å². The summed E-state index contributed by atoms with van der Waals surface area (Å²) >= 11 is 0. The minimum atomic E-state index is -3.67. The zero-order chi connectivity index (χ0) is 18.7. The minimum absolute atomic E-state index is 0.0684. The Balaban J connectivity index is 1.73. The second-order valence-electron chi connectivity index (χ2n) is 5.97. The second kappa shape index (κ2) is 7.40. The van der Waals surface area contributed by atoms with Crippen LogP contribution in [-0.4, -0.2) is 43.8 Å². The van der Waals surface area contributed by atoms with E-state index in [1.807, 2.05) is 24.3 Å². The molecular formula is C17H20N4O4S. The van der Waals surface area contributed by atoms with Crippen LogP contribution in [0.25, 0.3) is 0 Å². The van der Waals surface area contributed by atoms with Gasteiger partial charge in [-0.05, 0) is 23.8 Å². The Morgan fingerprint density at radius 3 is 2.19 bits per heavy atom. The highest BCUT2D eigenvalue weighted by Crippen LogP contribution is 2.24. The van der Waals surface area contributed by atoms with E-state index in [0.717, 1.165) is 11.3 Å². The van der Waals surface area contributed by atoms with Gasteiger partial charge in [0, 0.05) is 50.5 Å². The van der Waals surface area contributed by atoms with Gasteiger partial charge in [-0.1, -0.05) is 18.2 Å². The Bertz CT molecular complexity index is 891. The van der Waals surface area contributed by atoms with E-state index in [4.69, 9.17) is 5.73 Å². The number of sulfonamides is 1. The SMILES string of the molecule is NCc1ccccc1N1CCN(S(=O)(=O)c2ccc([N+](=O)[O-])cc2)CC1. The van der Waals surface area contributed by atoms with E-state index < -0.39 is 14.9 Å². The van der Waals surface area contributed by atoms with Gasteiger partial charge in [-0.3, -0.25) is 10.1 Å². The third-order valence-corrected chi connectivity index (χ3v) is 6.39. The minimum Gasteiger partial charge on any atom is -0.369 e. The molecule has 1 aliphatic rings. The molecule has 0 saturated carbocycles. The highest BCUT2D eigenvalue weighted by molar-refractivity contribution is 7.89.